The van der Waals surface area contributed by atoms with Crippen LogP contribution in [0.3, 0.4) is 0 Å². The van der Waals surface area contributed by atoms with Gasteiger partial charge in [-0.1, -0.05) is 84.4 Å². The van der Waals surface area contributed by atoms with Crippen molar-refractivity contribution in [1.82, 2.24) is 5.32 Å². The van der Waals surface area contributed by atoms with E-state index in [-0.39, 0.29) is 17.2 Å². The summed E-state index contributed by atoms with van der Waals surface area (Å²) in [6.45, 7) is 8.50. The van der Waals surface area contributed by atoms with Crippen LogP contribution >= 0.6 is 15.9 Å². The summed E-state index contributed by atoms with van der Waals surface area (Å²) in [5, 5.41) is 3.06. The smallest absolute Gasteiger partial charge is 0.228 e. The largest absolute Gasteiger partial charge is 0.351 e. The minimum atomic E-state index is -0.357. The van der Waals surface area contributed by atoms with Crippen LogP contribution in [-0.4, -0.2) is 5.91 Å². The van der Waals surface area contributed by atoms with Crippen molar-refractivity contribution in [3.05, 3.63) is 82.9 Å². The molecule has 1 N–H and O–H groups in total. The lowest BCUT2D eigenvalue weighted by molar-refractivity contribution is -0.124. The van der Waals surface area contributed by atoms with Gasteiger partial charge in [0.1, 0.15) is 0 Å². The maximum Gasteiger partial charge on any atom is 0.228 e. The molecule has 0 spiro atoms. The fourth-order valence-electron chi connectivity index (χ4n) is 2.59. The number of benzene rings is 2. The number of hydrogen-bond acceptors (Lipinski definition) is 1. The standard InChI is InChI=1S/C20H22BrNO/c1-4-20(2,3)18(16-12-8-9-13-17(16)21)19(23)22-14-15-10-6-5-7-11-15/h4-13,18H,1,14H2,2-3H3,(H,22,23). The van der Waals surface area contributed by atoms with E-state index in [1.54, 1.807) is 0 Å². The predicted molar refractivity (Wildman–Crippen MR) is 99.1 cm³/mol. The highest BCUT2D eigenvalue weighted by Crippen LogP contribution is 2.39. The molecular formula is C20H22BrNO. The number of allylic oxidation sites excluding steroid dienone is 1. The second kappa shape index (κ2) is 7.60. The fraction of sp³-hybridized carbons (Fsp3) is 0.250. The average molecular weight is 372 g/mol. The van der Waals surface area contributed by atoms with Crippen LogP contribution in [0.2, 0.25) is 0 Å². The van der Waals surface area contributed by atoms with Crippen molar-refractivity contribution in [3.8, 4) is 0 Å². The second-order valence-electron chi connectivity index (χ2n) is 6.18. The van der Waals surface area contributed by atoms with Gasteiger partial charge in [0.25, 0.3) is 0 Å². The molecule has 1 unspecified atom stereocenters. The van der Waals surface area contributed by atoms with Crippen LogP contribution in [0.25, 0.3) is 0 Å². The zero-order chi connectivity index (χ0) is 16.9. The van der Waals surface area contributed by atoms with Gasteiger partial charge in [0.2, 0.25) is 5.91 Å². The Morgan fingerprint density at radius 1 is 1.17 bits per heavy atom. The van der Waals surface area contributed by atoms with Crippen LogP contribution in [0.4, 0.5) is 0 Å². The Bertz CT molecular complexity index is 679. The Hall–Kier alpha value is -1.87. The monoisotopic (exact) mass is 371 g/mol. The van der Waals surface area contributed by atoms with Crippen molar-refractivity contribution < 1.29 is 4.79 Å². The van der Waals surface area contributed by atoms with Gasteiger partial charge in [0, 0.05) is 11.0 Å². The molecule has 1 atom stereocenters. The lowest BCUT2D eigenvalue weighted by Gasteiger charge is -2.31. The van der Waals surface area contributed by atoms with Gasteiger partial charge in [0.05, 0.1) is 5.92 Å². The van der Waals surface area contributed by atoms with Crippen LogP contribution in [0.1, 0.15) is 30.9 Å². The first kappa shape index (κ1) is 17.5. The van der Waals surface area contributed by atoms with E-state index in [4.69, 9.17) is 0 Å². The molecule has 0 radical (unpaired) electrons. The Kier molecular flexibility index (Phi) is 5.78. The molecule has 3 heteroatoms. The number of halogens is 1. The Balaban J connectivity index is 2.26. The Morgan fingerprint density at radius 2 is 1.78 bits per heavy atom. The molecule has 0 aliphatic rings. The first-order valence-electron chi connectivity index (χ1n) is 7.65. The molecule has 0 bridgehead atoms. The van der Waals surface area contributed by atoms with E-state index in [9.17, 15) is 4.79 Å². The van der Waals surface area contributed by atoms with E-state index in [0.29, 0.717) is 6.54 Å². The number of carbonyl (C=O) groups excluding carboxylic acids is 1. The van der Waals surface area contributed by atoms with Crippen LogP contribution in [-0.2, 0) is 11.3 Å². The third kappa shape index (κ3) is 4.32. The van der Waals surface area contributed by atoms with Gasteiger partial charge in [-0.05, 0) is 22.6 Å². The molecule has 0 heterocycles. The maximum atomic E-state index is 12.9. The van der Waals surface area contributed by atoms with Gasteiger partial charge in [-0.2, -0.15) is 0 Å². The van der Waals surface area contributed by atoms with Gasteiger partial charge >= 0.3 is 0 Å². The number of carbonyl (C=O) groups is 1. The lowest BCUT2D eigenvalue weighted by Crippen LogP contribution is -2.36. The minimum Gasteiger partial charge on any atom is -0.351 e. The molecule has 120 valence electrons. The van der Waals surface area contributed by atoms with Crippen LogP contribution in [0, 0.1) is 5.41 Å². The summed E-state index contributed by atoms with van der Waals surface area (Å²) in [7, 11) is 0. The van der Waals surface area contributed by atoms with Crippen LogP contribution in [0.15, 0.2) is 71.7 Å². The molecule has 0 saturated heterocycles. The normalized spacial score (nSPS) is 12.5. The quantitative estimate of drug-likeness (QED) is 0.706. The van der Waals surface area contributed by atoms with Crippen molar-refractivity contribution in [2.75, 3.05) is 0 Å². The second-order valence-corrected chi connectivity index (χ2v) is 7.04. The van der Waals surface area contributed by atoms with Gasteiger partial charge in [-0.3, -0.25) is 4.79 Å². The highest BCUT2D eigenvalue weighted by molar-refractivity contribution is 9.10. The van der Waals surface area contributed by atoms with Crippen LogP contribution in [0.5, 0.6) is 0 Å². The zero-order valence-corrected chi connectivity index (χ0v) is 15.1. The summed E-state index contributed by atoms with van der Waals surface area (Å²) in [5.41, 5.74) is 1.70. The van der Waals surface area contributed by atoms with Gasteiger partial charge in [-0.25, -0.2) is 0 Å². The third-order valence-electron chi connectivity index (χ3n) is 4.06. The molecule has 0 aliphatic carbocycles. The molecule has 1 amide bonds. The number of hydrogen-bond donors (Lipinski definition) is 1. The Morgan fingerprint density at radius 3 is 2.39 bits per heavy atom. The van der Waals surface area contributed by atoms with Crippen LogP contribution < -0.4 is 5.32 Å². The first-order chi connectivity index (χ1) is 11.0. The highest BCUT2D eigenvalue weighted by atomic mass is 79.9. The third-order valence-corrected chi connectivity index (χ3v) is 4.78. The maximum absolute atomic E-state index is 12.9. The first-order valence-corrected chi connectivity index (χ1v) is 8.44. The number of amides is 1. The Labute approximate surface area is 146 Å². The molecule has 2 aromatic carbocycles. The van der Waals surface area contributed by atoms with Crippen molar-refractivity contribution in [3.63, 3.8) is 0 Å². The molecule has 23 heavy (non-hydrogen) atoms. The topological polar surface area (TPSA) is 29.1 Å². The van der Waals surface area contributed by atoms with E-state index >= 15 is 0 Å². The van der Waals surface area contributed by atoms with Crippen molar-refractivity contribution in [2.45, 2.75) is 26.3 Å². The summed E-state index contributed by atoms with van der Waals surface area (Å²) in [6, 6.07) is 17.8. The van der Waals surface area contributed by atoms with Crippen molar-refractivity contribution in [2.24, 2.45) is 5.41 Å². The molecule has 2 rings (SSSR count). The zero-order valence-electron chi connectivity index (χ0n) is 13.6. The summed E-state index contributed by atoms with van der Waals surface area (Å²) in [4.78, 5) is 12.9. The van der Waals surface area contributed by atoms with Crippen molar-refractivity contribution in [1.29, 1.82) is 0 Å². The fourth-order valence-corrected chi connectivity index (χ4v) is 3.11. The molecule has 2 nitrogen and oxygen atoms in total. The summed E-state index contributed by atoms with van der Waals surface area (Å²) in [5.74, 6) is -0.301. The van der Waals surface area contributed by atoms with E-state index in [1.807, 2.05) is 74.5 Å². The predicted octanol–water partition coefficient (Wildman–Crippen LogP) is 5.06. The molecule has 0 aliphatic heterocycles. The van der Waals surface area contributed by atoms with E-state index in [2.05, 4.69) is 27.8 Å². The molecule has 0 saturated carbocycles. The summed E-state index contributed by atoms with van der Waals surface area (Å²) in [6.07, 6.45) is 1.85. The highest BCUT2D eigenvalue weighted by Gasteiger charge is 2.35. The average Bonchev–Trinajstić information content (AvgIpc) is 2.56. The summed E-state index contributed by atoms with van der Waals surface area (Å²) < 4.78 is 0.940. The molecule has 0 fully saturated rings. The van der Waals surface area contributed by atoms with Gasteiger partial charge in [-0.15, -0.1) is 6.58 Å². The van der Waals surface area contributed by atoms with Gasteiger partial charge in [0.15, 0.2) is 0 Å². The van der Waals surface area contributed by atoms with Crippen molar-refractivity contribution >= 4 is 21.8 Å². The molecule has 0 aromatic heterocycles. The van der Waals surface area contributed by atoms with E-state index in [0.717, 1.165) is 15.6 Å². The lowest BCUT2D eigenvalue weighted by atomic mass is 9.74. The molecular weight excluding hydrogens is 350 g/mol. The summed E-state index contributed by atoms with van der Waals surface area (Å²) >= 11 is 3.57. The van der Waals surface area contributed by atoms with E-state index in [1.165, 1.54) is 0 Å². The minimum absolute atomic E-state index is 0.00523. The SMILES string of the molecule is C=CC(C)(C)C(C(=O)NCc1ccccc1)c1ccccc1Br. The van der Waals surface area contributed by atoms with E-state index < -0.39 is 0 Å². The number of rotatable bonds is 6. The number of nitrogens with one attached hydrogen (secondary N) is 1. The molecule has 2 aromatic rings. The van der Waals surface area contributed by atoms with Gasteiger partial charge < -0.3 is 5.32 Å².